The van der Waals surface area contributed by atoms with Crippen LogP contribution in [0.15, 0.2) is 41.8 Å². The van der Waals surface area contributed by atoms with Gasteiger partial charge < -0.3 is 4.90 Å². The second kappa shape index (κ2) is 6.28. The summed E-state index contributed by atoms with van der Waals surface area (Å²) in [6, 6.07) is 12.9. The highest BCUT2D eigenvalue weighted by atomic mass is 32.1. The molecule has 4 atom stereocenters. The van der Waals surface area contributed by atoms with Gasteiger partial charge in [-0.2, -0.15) is 0 Å². The van der Waals surface area contributed by atoms with E-state index in [2.05, 4.69) is 46.7 Å². The highest BCUT2D eigenvalue weighted by Gasteiger charge is 2.42. The molecule has 0 saturated heterocycles. The molecular weight excluding hydrogens is 326 g/mol. The zero-order valence-corrected chi connectivity index (χ0v) is 15.4. The predicted molar refractivity (Wildman–Crippen MR) is 102 cm³/mol. The fourth-order valence-electron chi connectivity index (χ4n) is 5.55. The van der Waals surface area contributed by atoms with Crippen LogP contribution < -0.4 is 0 Å². The van der Waals surface area contributed by atoms with Crippen LogP contribution in [0.5, 0.6) is 0 Å². The predicted octanol–water partition coefficient (Wildman–Crippen LogP) is 5.05. The Kier molecular flexibility index (Phi) is 3.93. The number of carbonyl (C=O) groups is 1. The molecule has 2 aliphatic carbocycles. The average molecular weight is 352 g/mol. The molecule has 1 aromatic heterocycles. The molecule has 0 radical (unpaired) electrons. The van der Waals surface area contributed by atoms with Crippen LogP contribution in [-0.4, -0.2) is 17.4 Å². The first kappa shape index (κ1) is 15.6. The molecule has 5 rings (SSSR count). The molecule has 2 nitrogen and oxygen atoms in total. The van der Waals surface area contributed by atoms with Gasteiger partial charge in [0.15, 0.2) is 0 Å². The molecule has 25 heavy (non-hydrogen) atoms. The Labute approximate surface area is 153 Å². The minimum Gasteiger partial charge on any atom is -0.331 e. The van der Waals surface area contributed by atoms with Crippen molar-refractivity contribution in [3.8, 4) is 0 Å². The Balaban J connectivity index is 1.42. The molecule has 2 fully saturated rings. The number of hydrogen-bond donors (Lipinski definition) is 0. The lowest BCUT2D eigenvalue weighted by molar-refractivity contribution is -0.134. The van der Waals surface area contributed by atoms with Gasteiger partial charge in [-0.15, -0.1) is 11.3 Å². The smallest absolute Gasteiger partial charge is 0.223 e. The molecule has 0 spiro atoms. The number of rotatable bonds is 3. The fraction of sp³-hybridized carbons (Fsp3) is 0.500. The van der Waals surface area contributed by atoms with E-state index < -0.39 is 0 Å². The van der Waals surface area contributed by atoms with Gasteiger partial charge in [0.1, 0.15) is 0 Å². The molecule has 2 aromatic rings. The summed E-state index contributed by atoms with van der Waals surface area (Å²) in [7, 11) is 0. The lowest BCUT2D eigenvalue weighted by atomic mass is 9.85. The summed E-state index contributed by atoms with van der Waals surface area (Å²) < 4.78 is 0. The molecular formula is C22H25NOS. The summed E-state index contributed by atoms with van der Waals surface area (Å²) >= 11 is 1.84. The van der Waals surface area contributed by atoms with Crippen LogP contribution in [0.4, 0.5) is 0 Å². The van der Waals surface area contributed by atoms with E-state index in [0.29, 0.717) is 11.8 Å². The van der Waals surface area contributed by atoms with Crippen LogP contribution in [0.25, 0.3) is 0 Å². The van der Waals surface area contributed by atoms with Crippen molar-refractivity contribution in [1.29, 1.82) is 0 Å². The van der Waals surface area contributed by atoms with E-state index in [9.17, 15) is 4.79 Å². The molecule has 0 N–H and O–H groups in total. The number of fused-ring (bicyclic) bond motifs is 3. The Bertz CT molecular complexity index is 767. The van der Waals surface area contributed by atoms with E-state index in [1.165, 1.54) is 41.7 Å². The van der Waals surface area contributed by atoms with Crippen LogP contribution in [0.2, 0.25) is 0 Å². The van der Waals surface area contributed by atoms with Crippen molar-refractivity contribution in [2.45, 2.75) is 44.6 Å². The topological polar surface area (TPSA) is 20.3 Å². The highest BCUT2D eigenvalue weighted by Crippen LogP contribution is 2.50. The number of benzene rings is 1. The van der Waals surface area contributed by atoms with Gasteiger partial charge in [-0.05, 0) is 66.0 Å². The third-order valence-electron chi connectivity index (χ3n) is 6.72. The lowest BCUT2D eigenvalue weighted by Gasteiger charge is -2.37. The molecule has 130 valence electrons. The largest absolute Gasteiger partial charge is 0.331 e. The SMILES string of the molecule is O=C(C[C@H]1C[C@H]2CC[C@H]1C2)N1CCc2sccc2[C@@H]1c1ccccc1. The Morgan fingerprint density at radius 3 is 2.76 bits per heavy atom. The Morgan fingerprint density at radius 1 is 1.12 bits per heavy atom. The quantitative estimate of drug-likeness (QED) is 0.758. The molecule has 2 bridgehead atoms. The Morgan fingerprint density at radius 2 is 2.00 bits per heavy atom. The van der Waals surface area contributed by atoms with Crippen molar-refractivity contribution in [3.05, 3.63) is 57.8 Å². The Hall–Kier alpha value is -1.61. The number of carbonyl (C=O) groups excluding carboxylic acids is 1. The molecule has 1 aliphatic heterocycles. The minimum atomic E-state index is 0.113. The zero-order valence-electron chi connectivity index (χ0n) is 14.6. The summed E-state index contributed by atoms with van der Waals surface area (Å²) in [6.07, 6.45) is 7.23. The monoisotopic (exact) mass is 351 g/mol. The van der Waals surface area contributed by atoms with E-state index >= 15 is 0 Å². The standard InChI is InChI=1S/C22H25NOS/c24-21(14-18-13-15-6-7-17(18)12-15)23-10-8-20-19(9-11-25-20)22(23)16-4-2-1-3-5-16/h1-5,9,11,15,17-18,22H,6-8,10,12-14H2/t15-,17-,18+,22-/m0/s1. The van der Waals surface area contributed by atoms with Crippen molar-refractivity contribution in [1.82, 2.24) is 4.90 Å². The number of amides is 1. The van der Waals surface area contributed by atoms with Crippen molar-refractivity contribution in [2.75, 3.05) is 6.54 Å². The first-order valence-electron chi connectivity index (χ1n) is 9.70. The molecule has 2 saturated carbocycles. The number of hydrogen-bond acceptors (Lipinski definition) is 2. The van der Waals surface area contributed by atoms with Gasteiger partial charge >= 0.3 is 0 Å². The third kappa shape index (κ3) is 2.73. The molecule has 3 aliphatic rings. The second-order valence-corrected chi connectivity index (χ2v) is 9.09. The molecule has 1 aromatic carbocycles. The van der Waals surface area contributed by atoms with E-state index in [-0.39, 0.29) is 6.04 Å². The van der Waals surface area contributed by atoms with Crippen LogP contribution in [0.3, 0.4) is 0 Å². The van der Waals surface area contributed by atoms with Gasteiger partial charge in [0.25, 0.3) is 0 Å². The summed E-state index contributed by atoms with van der Waals surface area (Å²) in [5, 5.41) is 2.19. The summed E-state index contributed by atoms with van der Waals surface area (Å²) in [5.74, 6) is 2.76. The maximum absolute atomic E-state index is 13.3. The highest BCUT2D eigenvalue weighted by molar-refractivity contribution is 7.10. The van der Waals surface area contributed by atoms with Gasteiger partial charge in [-0.3, -0.25) is 4.79 Å². The summed E-state index contributed by atoms with van der Waals surface area (Å²) in [5.41, 5.74) is 2.60. The minimum absolute atomic E-state index is 0.113. The van der Waals surface area contributed by atoms with Crippen molar-refractivity contribution < 1.29 is 4.79 Å². The summed E-state index contributed by atoms with van der Waals surface area (Å²) in [4.78, 5) is 16.9. The number of thiophene rings is 1. The number of nitrogens with zero attached hydrogens (tertiary/aromatic N) is 1. The van der Waals surface area contributed by atoms with Crippen LogP contribution >= 0.6 is 11.3 Å². The summed E-state index contributed by atoms with van der Waals surface area (Å²) in [6.45, 7) is 0.868. The fourth-order valence-corrected chi connectivity index (χ4v) is 6.45. The first-order chi connectivity index (χ1) is 12.3. The van der Waals surface area contributed by atoms with Gasteiger partial charge in [-0.1, -0.05) is 36.8 Å². The third-order valence-corrected chi connectivity index (χ3v) is 7.72. The zero-order chi connectivity index (χ0) is 16.8. The van der Waals surface area contributed by atoms with Gasteiger partial charge in [0.2, 0.25) is 5.91 Å². The van der Waals surface area contributed by atoms with Crippen molar-refractivity contribution in [2.24, 2.45) is 17.8 Å². The maximum atomic E-state index is 13.3. The van der Waals surface area contributed by atoms with Crippen LogP contribution in [0.1, 0.15) is 54.1 Å². The van der Waals surface area contributed by atoms with E-state index in [1.54, 1.807) is 0 Å². The van der Waals surface area contributed by atoms with Crippen LogP contribution in [-0.2, 0) is 11.2 Å². The van der Waals surface area contributed by atoms with Gasteiger partial charge in [0.05, 0.1) is 6.04 Å². The van der Waals surface area contributed by atoms with E-state index in [0.717, 1.165) is 31.2 Å². The maximum Gasteiger partial charge on any atom is 0.223 e. The molecule has 0 unspecified atom stereocenters. The molecule has 2 heterocycles. The average Bonchev–Trinajstić information content (AvgIpc) is 3.37. The van der Waals surface area contributed by atoms with E-state index in [1.807, 2.05) is 11.3 Å². The second-order valence-electron chi connectivity index (χ2n) is 8.09. The van der Waals surface area contributed by atoms with E-state index in [4.69, 9.17) is 0 Å². The normalized spacial score (nSPS) is 30.5. The van der Waals surface area contributed by atoms with Gasteiger partial charge in [-0.25, -0.2) is 0 Å². The van der Waals surface area contributed by atoms with Crippen molar-refractivity contribution in [3.63, 3.8) is 0 Å². The molecule has 3 heteroatoms. The van der Waals surface area contributed by atoms with Crippen LogP contribution in [0, 0.1) is 17.8 Å². The first-order valence-corrected chi connectivity index (χ1v) is 10.6. The van der Waals surface area contributed by atoms with Crippen molar-refractivity contribution >= 4 is 17.2 Å². The lowest BCUT2D eigenvalue weighted by Crippen LogP contribution is -2.41. The molecule has 1 amide bonds. The van der Waals surface area contributed by atoms with Gasteiger partial charge in [0, 0.05) is 17.8 Å².